The molecule has 3 heteroatoms. The number of hydrogen-bond donors (Lipinski definition) is 1. The Morgan fingerprint density at radius 1 is 1.70 bits per heavy atom. The van der Waals surface area contributed by atoms with Crippen LogP contribution in [0.4, 0.5) is 0 Å². The van der Waals surface area contributed by atoms with Crippen molar-refractivity contribution in [2.45, 2.75) is 19.1 Å². The van der Waals surface area contributed by atoms with E-state index < -0.39 is 0 Å². The maximum absolute atomic E-state index is 10.7. The third-order valence-electron chi connectivity index (χ3n) is 1.67. The average molecular weight is 159 g/mol. The maximum atomic E-state index is 10.7. The first-order chi connectivity index (χ1) is 4.70. The summed E-state index contributed by atoms with van der Waals surface area (Å²) in [6.45, 7) is 5.23. The van der Waals surface area contributed by atoms with Gasteiger partial charge >= 0.3 is 0 Å². The van der Waals surface area contributed by atoms with E-state index in [1.165, 1.54) is 0 Å². The lowest BCUT2D eigenvalue weighted by molar-refractivity contribution is -0.118. The highest BCUT2D eigenvalue weighted by atomic mass is 32.2. The van der Waals surface area contributed by atoms with Crippen molar-refractivity contribution < 1.29 is 4.79 Å². The summed E-state index contributed by atoms with van der Waals surface area (Å²) in [5, 5.41) is 3.48. The van der Waals surface area contributed by atoms with Crippen LogP contribution in [-0.2, 0) is 4.79 Å². The molecule has 1 aliphatic rings. The van der Waals surface area contributed by atoms with Gasteiger partial charge in [0.25, 0.3) is 0 Å². The van der Waals surface area contributed by atoms with Crippen molar-refractivity contribution >= 4 is 17.7 Å². The standard InChI is InChI=1S/C7H13NOS/c1-5(2)6-3-8-7(9)4-10-6/h5-6H,3-4H2,1-2H3,(H,8,9)/t6-/m0/s1. The van der Waals surface area contributed by atoms with Crippen LogP contribution in [0.5, 0.6) is 0 Å². The minimum atomic E-state index is 0.182. The van der Waals surface area contributed by atoms with Gasteiger partial charge in [0.1, 0.15) is 0 Å². The van der Waals surface area contributed by atoms with Crippen molar-refractivity contribution in [3.05, 3.63) is 0 Å². The average Bonchev–Trinajstić information content (AvgIpc) is 1.88. The highest BCUT2D eigenvalue weighted by molar-refractivity contribution is 8.00. The third-order valence-corrected chi connectivity index (χ3v) is 3.24. The Hall–Kier alpha value is -0.180. The van der Waals surface area contributed by atoms with Gasteiger partial charge < -0.3 is 5.32 Å². The number of amides is 1. The van der Waals surface area contributed by atoms with Crippen LogP contribution in [0.25, 0.3) is 0 Å². The van der Waals surface area contributed by atoms with E-state index in [9.17, 15) is 4.79 Å². The van der Waals surface area contributed by atoms with Crippen molar-refractivity contribution in [3.63, 3.8) is 0 Å². The molecule has 0 radical (unpaired) electrons. The van der Waals surface area contributed by atoms with Crippen molar-refractivity contribution in [2.75, 3.05) is 12.3 Å². The highest BCUT2D eigenvalue weighted by Gasteiger charge is 2.20. The molecule has 1 rings (SSSR count). The van der Waals surface area contributed by atoms with E-state index in [1.807, 2.05) is 0 Å². The van der Waals surface area contributed by atoms with Crippen molar-refractivity contribution in [1.29, 1.82) is 0 Å². The number of rotatable bonds is 1. The Bertz CT molecular complexity index is 126. The van der Waals surface area contributed by atoms with Gasteiger partial charge in [-0.05, 0) is 5.92 Å². The summed E-state index contributed by atoms with van der Waals surface area (Å²) in [4.78, 5) is 10.7. The van der Waals surface area contributed by atoms with Gasteiger partial charge in [-0.3, -0.25) is 4.79 Å². The number of nitrogens with one attached hydrogen (secondary N) is 1. The lowest BCUT2D eigenvalue weighted by Crippen LogP contribution is -2.39. The van der Waals surface area contributed by atoms with Crippen LogP contribution in [-0.4, -0.2) is 23.5 Å². The Morgan fingerprint density at radius 3 is 2.80 bits per heavy atom. The predicted molar refractivity (Wildman–Crippen MR) is 44.1 cm³/mol. The molecule has 10 heavy (non-hydrogen) atoms. The van der Waals surface area contributed by atoms with Crippen LogP contribution in [0.1, 0.15) is 13.8 Å². The summed E-state index contributed by atoms with van der Waals surface area (Å²) in [6.07, 6.45) is 0. The molecule has 0 saturated carbocycles. The van der Waals surface area contributed by atoms with Crippen molar-refractivity contribution in [1.82, 2.24) is 5.32 Å². The van der Waals surface area contributed by atoms with Gasteiger partial charge in [-0.15, -0.1) is 11.8 Å². The Kier molecular flexibility index (Phi) is 2.60. The fraction of sp³-hybridized carbons (Fsp3) is 0.857. The van der Waals surface area contributed by atoms with Crippen LogP contribution in [0, 0.1) is 5.92 Å². The van der Waals surface area contributed by atoms with E-state index in [1.54, 1.807) is 11.8 Å². The largest absolute Gasteiger partial charge is 0.354 e. The van der Waals surface area contributed by atoms with Crippen molar-refractivity contribution in [2.24, 2.45) is 5.92 Å². The molecule has 1 saturated heterocycles. The van der Waals surface area contributed by atoms with Gasteiger partial charge in [-0.1, -0.05) is 13.8 Å². The number of carbonyl (C=O) groups excluding carboxylic acids is 1. The lowest BCUT2D eigenvalue weighted by Gasteiger charge is -2.24. The number of carbonyl (C=O) groups is 1. The van der Waals surface area contributed by atoms with Gasteiger partial charge in [-0.25, -0.2) is 0 Å². The Morgan fingerprint density at radius 2 is 2.40 bits per heavy atom. The SMILES string of the molecule is CC(C)[C@@H]1CNC(=O)CS1. The van der Waals surface area contributed by atoms with Crippen LogP contribution in [0.3, 0.4) is 0 Å². The molecule has 0 aromatic rings. The Labute approximate surface area is 65.8 Å². The molecule has 1 fully saturated rings. The summed E-state index contributed by atoms with van der Waals surface area (Å²) in [5.41, 5.74) is 0. The normalized spacial score (nSPS) is 26.7. The van der Waals surface area contributed by atoms with E-state index in [-0.39, 0.29) is 5.91 Å². The zero-order valence-electron chi connectivity index (χ0n) is 6.39. The molecule has 0 aromatic carbocycles. The molecule has 0 aliphatic carbocycles. The first-order valence-electron chi connectivity index (χ1n) is 3.58. The molecule has 0 unspecified atom stereocenters. The smallest absolute Gasteiger partial charge is 0.230 e. The highest BCUT2D eigenvalue weighted by Crippen LogP contribution is 2.20. The second-order valence-electron chi connectivity index (χ2n) is 2.90. The zero-order valence-corrected chi connectivity index (χ0v) is 7.20. The second kappa shape index (κ2) is 3.28. The summed E-state index contributed by atoms with van der Waals surface area (Å²) < 4.78 is 0. The third kappa shape index (κ3) is 1.90. The van der Waals surface area contributed by atoms with Gasteiger partial charge in [0.05, 0.1) is 5.75 Å². The van der Waals surface area contributed by atoms with E-state index in [0.29, 0.717) is 16.9 Å². The lowest BCUT2D eigenvalue weighted by atomic mass is 10.1. The molecule has 1 amide bonds. The molecular formula is C7H13NOS. The molecule has 1 N–H and O–H groups in total. The first kappa shape index (κ1) is 7.92. The van der Waals surface area contributed by atoms with E-state index in [2.05, 4.69) is 19.2 Å². The summed E-state index contributed by atoms with van der Waals surface area (Å²) in [5.74, 6) is 1.50. The fourth-order valence-corrected chi connectivity index (χ4v) is 1.99. The van der Waals surface area contributed by atoms with Gasteiger partial charge in [0.15, 0.2) is 0 Å². The molecular weight excluding hydrogens is 146 g/mol. The Balaban J connectivity index is 2.33. The van der Waals surface area contributed by atoms with Gasteiger partial charge in [0, 0.05) is 11.8 Å². The molecule has 0 aromatic heterocycles. The molecule has 1 aliphatic heterocycles. The first-order valence-corrected chi connectivity index (χ1v) is 4.63. The molecule has 0 bridgehead atoms. The van der Waals surface area contributed by atoms with Crippen LogP contribution >= 0.6 is 11.8 Å². The maximum Gasteiger partial charge on any atom is 0.230 e. The van der Waals surface area contributed by atoms with Gasteiger partial charge in [-0.2, -0.15) is 0 Å². The molecule has 2 nitrogen and oxygen atoms in total. The monoisotopic (exact) mass is 159 g/mol. The zero-order chi connectivity index (χ0) is 7.56. The van der Waals surface area contributed by atoms with Gasteiger partial charge in [0.2, 0.25) is 5.91 Å². The van der Waals surface area contributed by atoms with Crippen molar-refractivity contribution in [3.8, 4) is 0 Å². The minimum Gasteiger partial charge on any atom is -0.354 e. The summed E-state index contributed by atoms with van der Waals surface area (Å²) >= 11 is 1.77. The number of hydrogen-bond acceptors (Lipinski definition) is 2. The fourth-order valence-electron chi connectivity index (χ4n) is 0.935. The van der Waals surface area contributed by atoms with E-state index >= 15 is 0 Å². The molecule has 0 spiro atoms. The number of thioether (sulfide) groups is 1. The van der Waals surface area contributed by atoms with Crippen LogP contribution < -0.4 is 5.32 Å². The van der Waals surface area contributed by atoms with E-state index in [4.69, 9.17) is 0 Å². The van der Waals surface area contributed by atoms with Crippen LogP contribution in [0.15, 0.2) is 0 Å². The topological polar surface area (TPSA) is 29.1 Å². The quantitative estimate of drug-likeness (QED) is 0.615. The summed E-state index contributed by atoms with van der Waals surface area (Å²) in [6, 6.07) is 0. The molecule has 58 valence electrons. The summed E-state index contributed by atoms with van der Waals surface area (Å²) in [7, 11) is 0. The molecule has 1 heterocycles. The second-order valence-corrected chi connectivity index (χ2v) is 4.13. The minimum absolute atomic E-state index is 0.182. The molecule has 1 atom stereocenters. The van der Waals surface area contributed by atoms with Crippen LogP contribution in [0.2, 0.25) is 0 Å². The van der Waals surface area contributed by atoms with E-state index in [0.717, 1.165) is 6.54 Å². The predicted octanol–water partition coefficient (Wildman–Crippen LogP) is 0.874.